The largest absolute Gasteiger partial charge is 0.462 e. The third-order valence-electron chi connectivity index (χ3n) is 4.86. The second-order valence-corrected chi connectivity index (χ2v) is 7.65. The molecule has 0 heterocycles. The molecule has 0 saturated heterocycles. The van der Waals surface area contributed by atoms with Gasteiger partial charge in [0, 0.05) is 19.0 Å². The maximum Gasteiger partial charge on any atom is 0.338 e. The number of esters is 1. The molecule has 0 amide bonds. The minimum atomic E-state index is -0.438. The summed E-state index contributed by atoms with van der Waals surface area (Å²) >= 11 is 5.54. The third kappa shape index (κ3) is 9.86. The van der Waals surface area contributed by atoms with Crippen molar-refractivity contribution in [1.82, 2.24) is 4.90 Å². The first-order valence-electron chi connectivity index (χ1n) is 10.4. The molecule has 5 heteroatoms. The van der Waals surface area contributed by atoms with E-state index in [0.717, 1.165) is 43.5 Å². The number of thiocarbonyl (C=S) groups is 1. The molecular formula is C24H35NO3S. The first-order chi connectivity index (χ1) is 14.0. The number of carbonyl (C=O) groups is 1. The van der Waals surface area contributed by atoms with Crippen LogP contribution in [-0.2, 0) is 4.74 Å². The Morgan fingerprint density at radius 1 is 1.10 bits per heavy atom. The monoisotopic (exact) mass is 417 g/mol. The van der Waals surface area contributed by atoms with Gasteiger partial charge in [-0.3, -0.25) is 0 Å². The van der Waals surface area contributed by atoms with Crippen LogP contribution in [0.5, 0.6) is 0 Å². The number of nitrogens with zero attached hydrogens (tertiary/aromatic N) is 1. The smallest absolute Gasteiger partial charge is 0.338 e. The molecule has 0 saturated carbocycles. The van der Waals surface area contributed by atoms with Gasteiger partial charge >= 0.3 is 5.97 Å². The van der Waals surface area contributed by atoms with Gasteiger partial charge in [-0.25, -0.2) is 4.79 Å². The number of hydrogen-bond acceptors (Lipinski definition) is 4. The van der Waals surface area contributed by atoms with Crippen molar-refractivity contribution in [2.75, 3.05) is 19.7 Å². The van der Waals surface area contributed by atoms with E-state index in [2.05, 4.69) is 13.2 Å². The molecule has 0 fully saturated rings. The van der Waals surface area contributed by atoms with Crippen LogP contribution >= 0.6 is 12.2 Å². The molecule has 1 aromatic carbocycles. The fourth-order valence-corrected chi connectivity index (χ4v) is 3.38. The number of carbonyl (C=O) groups excluding carboxylic acids is 1. The Hall–Kier alpha value is -1.98. The fraction of sp³-hybridized carbons (Fsp3) is 0.500. The third-order valence-corrected chi connectivity index (χ3v) is 5.49. The van der Waals surface area contributed by atoms with Crippen LogP contribution in [0.15, 0.2) is 55.6 Å². The van der Waals surface area contributed by atoms with Crippen molar-refractivity contribution in [2.24, 2.45) is 5.92 Å². The zero-order valence-corrected chi connectivity index (χ0v) is 18.4. The number of aliphatic hydroxyl groups excluding tert-OH is 1. The Bertz CT molecular complexity index is 622. The molecule has 0 bridgehead atoms. The summed E-state index contributed by atoms with van der Waals surface area (Å²) in [5.41, 5.74) is 0.591. The van der Waals surface area contributed by atoms with Crippen LogP contribution in [0.25, 0.3) is 0 Å². The van der Waals surface area contributed by atoms with E-state index >= 15 is 0 Å². The van der Waals surface area contributed by atoms with Crippen molar-refractivity contribution < 1.29 is 14.6 Å². The van der Waals surface area contributed by atoms with Crippen molar-refractivity contribution in [3.8, 4) is 0 Å². The van der Waals surface area contributed by atoms with Crippen LogP contribution in [0.3, 0.4) is 0 Å². The number of hydrogen-bond donors (Lipinski definition) is 1. The molecular weight excluding hydrogens is 382 g/mol. The quantitative estimate of drug-likeness (QED) is 0.184. The molecule has 0 unspecified atom stereocenters. The maximum absolute atomic E-state index is 11.8. The zero-order valence-electron chi connectivity index (χ0n) is 17.6. The number of unbranched alkanes of at least 4 members (excludes halogenated alkanes) is 4. The highest BCUT2D eigenvalue weighted by Gasteiger charge is 2.21. The molecule has 0 aliphatic heterocycles. The summed E-state index contributed by atoms with van der Waals surface area (Å²) in [5, 5.41) is 10.5. The minimum Gasteiger partial charge on any atom is -0.462 e. The Kier molecular flexibility index (Phi) is 12.9. The average molecular weight is 418 g/mol. The molecule has 0 radical (unpaired) electrons. The van der Waals surface area contributed by atoms with Gasteiger partial charge in [-0.1, -0.05) is 75.2 Å². The lowest BCUT2D eigenvalue weighted by molar-refractivity contribution is 0.0497. The zero-order chi connectivity index (χ0) is 21.5. The Balaban J connectivity index is 2.14. The van der Waals surface area contributed by atoms with Crippen LogP contribution in [0.4, 0.5) is 0 Å². The standard InChI is InChI=1S/C24H35NO3S/c1-4-17-25(18-5-2)23(29)20(3)22(26)16-12-7-6-8-13-19-28-24(27)21-14-10-9-11-15-21/h4-5,9-11,14-15,20,22,26H,1-2,6-8,12-13,16-19H2,3H3/t20-,22+/m1/s1. The summed E-state index contributed by atoms with van der Waals surface area (Å²) in [7, 11) is 0. The minimum absolute atomic E-state index is 0.0673. The van der Waals surface area contributed by atoms with Crippen LogP contribution in [0.2, 0.25) is 0 Å². The van der Waals surface area contributed by atoms with E-state index < -0.39 is 6.10 Å². The normalized spacial score (nSPS) is 12.6. The van der Waals surface area contributed by atoms with Gasteiger partial charge in [0.1, 0.15) is 0 Å². The van der Waals surface area contributed by atoms with E-state index in [1.54, 1.807) is 12.1 Å². The predicted octanol–water partition coefficient (Wildman–Crippen LogP) is 5.18. The first kappa shape index (κ1) is 25.1. The van der Waals surface area contributed by atoms with Crippen LogP contribution in [-0.4, -0.2) is 46.8 Å². The Morgan fingerprint density at radius 2 is 1.69 bits per heavy atom. The number of benzene rings is 1. The average Bonchev–Trinajstić information content (AvgIpc) is 2.74. The second kappa shape index (κ2) is 14.9. The van der Waals surface area contributed by atoms with Crippen LogP contribution in [0, 0.1) is 5.92 Å². The maximum atomic E-state index is 11.8. The van der Waals surface area contributed by atoms with Gasteiger partial charge in [0.15, 0.2) is 0 Å². The van der Waals surface area contributed by atoms with Gasteiger partial charge in [-0.05, 0) is 25.0 Å². The highest BCUT2D eigenvalue weighted by molar-refractivity contribution is 7.80. The van der Waals surface area contributed by atoms with Gasteiger partial charge in [-0.2, -0.15) is 0 Å². The summed E-state index contributed by atoms with van der Waals surface area (Å²) in [6.45, 7) is 11.3. The SMILES string of the molecule is C=CCN(CC=C)C(=S)[C@H](C)[C@@H](O)CCCCCCCOC(=O)c1ccccc1. The molecule has 160 valence electrons. The Labute approximate surface area is 181 Å². The molecule has 1 aromatic rings. The summed E-state index contributed by atoms with van der Waals surface area (Å²) in [6, 6.07) is 9.05. The number of rotatable bonds is 15. The predicted molar refractivity (Wildman–Crippen MR) is 124 cm³/mol. The Morgan fingerprint density at radius 3 is 2.31 bits per heavy atom. The van der Waals surface area contributed by atoms with E-state index in [0.29, 0.717) is 25.3 Å². The topological polar surface area (TPSA) is 49.8 Å². The highest BCUT2D eigenvalue weighted by Crippen LogP contribution is 2.17. The summed E-state index contributed by atoms with van der Waals surface area (Å²) in [5.74, 6) is -0.331. The molecule has 0 aromatic heterocycles. The molecule has 0 aliphatic rings. The van der Waals surface area contributed by atoms with E-state index in [1.807, 2.05) is 42.2 Å². The van der Waals surface area contributed by atoms with Crippen molar-refractivity contribution in [1.29, 1.82) is 0 Å². The molecule has 4 nitrogen and oxygen atoms in total. The van der Waals surface area contributed by atoms with Gasteiger partial charge in [-0.15, -0.1) is 13.2 Å². The van der Waals surface area contributed by atoms with Crippen LogP contribution in [0.1, 0.15) is 55.8 Å². The van der Waals surface area contributed by atoms with Crippen molar-refractivity contribution in [3.05, 3.63) is 61.2 Å². The second-order valence-electron chi connectivity index (χ2n) is 7.23. The lowest BCUT2D eigenvalue weighted by atomic mass is 9.97. The van der Waals surface area contributed by atoms with Gasteiger partial charge in [0.05, 0.1) is 23.3 Å². The van der Waals surface area contributed by atoms with E-state index in [9.17, 15) is 9.90 Å². The molecule has 29 heavy (non-hydrogen) atoms. The van der Waals surface area contributed by atoms with Gasteiger partial charge in [0.2, 0.25) is 0 Å². The lowest BCUT2D eigenvalue weighted by Crippen LogP contribution is -2.38. The van der Waals surface area contributed by atoms with E-state index in [4.69, 9.17) is 17.0 Å². The molecule has 0 aliphatic carbocycles. The van der Waals surface area contributed by atoms with E-state index in [-0.39, 0.29) is 11.9 Å². The number of aliphatic hydroxyl groups is 1. The number of ether oxygens (including phenoxy) is 1. The molecule has 1 rings (SSSR count). The van der Waals surface area contributed by atoms with Crippen molar-refractivity contribution in [2.45, 2.75) is 51.6 Å². The van der Waals surface area contributed by atoms with Gasteiger partial charge in [0.25, 0.3) is 0 Å². The summed E-state index contributed by atoms with van der Waals surface area (Å²) in [6.07, 6.45) is 8.86. The fourth-order valence-electron chi connectivity index (χ4n) is 3.08. The first-order valence-corrected chi connectivity index (χ1v) is 10.8. The van der Waals surface area contributed by atoms with Crippen molar-refractivity contribution in [3.63, 3.8) is 0 Å². The lowest BCUT2D eigenvalue weighted by Gasteiger charge is -2.29. The molecule has 0 spiro atoms. The van der Waals surface area contributed by atoms with Crippen LogP contribution < -0.4 is 0 Å². The van der Waals surface area contributed by atoms with Gasteiger partial charge < -0.3 is 14.7 Å². The van der Waals surface area contributed by atoms with Crippen molar-refractivity contribution >= 4 is 23.2 Å². The highest BCUT2D eigenvalue weighted by atomic mass is 32.1. The summed E-state index contributed by atoms with van der Waals surface area (Å²) < 4.78 is 5.28. The summed E-state index contributed by atoms with van der Waals surface area (Å²) in [4.78, 5) is 14.6. The van der Waals surface area contributed by atoms with E-state index in [1.165, 1.54) is 0 Å². The molecule has 1 N–H and O–H groups in total. The molecule has 2 atom stereocenters.